The number of anilines is 1. The Balaban J connectivity index is 1.80. The zero-order chi connectivity index (χ0) is 16.7. The van der Waals surface area contributed by atoms with Crippen LogP contribution in [0.25, 0.3) is 0 Å². The fraction of sp³-hybridized carbons (Fsp3) is 0.471. The van der Waals surface area contributed by atoms with Crippen molar-refractivity contribution in [3.8, 4) is 0 Å². The molecule has 4 heterocycles. The number of amides is 1. The van der Waals surface area contributed by atoms with Gasteiger partial charge in [0.2, 0.25) is 5.95 Å². The van der Waals surface area contributed by atoms with Gasteiger partial charge in [0.25, 0.3) is 5.91 Å². The molecule has 0 unspecified atom stereocenters. The Kier molecular flexibility index (Phi) is 3.88. The van der Waals surface area contributed by atoms with Crippen molar-refractivity contribution in [2.75, 3.05) is 18.4 Å². The molecule has 126 valence electrons. The number of nitrogens with zero attached hydrogens (tertiary/aromatic N) is 4. The minimum Gasteiger partial charge on any atom is -0.339 e. The molecule has 0 spiro atoms. The molecular weight excluding hydrogens is 322 g/mol. The molecule has 1 amide bonds. The summed E-state index contributed by atoms with van der Waals surface area (Å²) in [6.45, 7) is 5.74. The van der Waals surface area contributed by atoms with E-state index in [4.69, 9.17) is 0 Å². The number of hydrogen-bond donors (Lipinski definition) is 1. The Labute approximate surface area is 145 Å². The molecule has 0 aromatic carbocycles. The highest BCUT2D eigenvalue weighted by atomic mass is 32.1. The molecule has 7 heteroatoms. The second-order valence-electron chi connectivity index (χ2n) is 6.42. The standard InChI is InChI=1S/C17H21N5OS/c1-11-6-9-24-15(11)14-13(16(23)21-7-4-3-5-8-21)12(2)20-17-18-10-19-22(14)17/h6,9-10,14H,3-5,7-8H2,1-2H3,(H,18,19,20)/t14-/m0/s1. The van der Waals surface area contributed by atoms with E-state index in [9.17, 15) is 4.79 Å². The lowest BCUT2D eigenvalue weighted by Crippen LogP contribution is -2.40. The van der Waals surface area contributed by atoms with Gasteiger partial charge in [0, 0.05) is 23.7 Å². The number of likely N-dealkylation sites (tertiary alicyclic amines) is 1. The minimum absolute atomic E-state index is 0.124. The topological polar surface area (TPSA) is 63.1 Å². The summed E-state index contributed by atoms with van der Waals surface area (Å²) < 4.78 is 1.84. The number of allylic oxidation sites excluding steroid dienone is 1. The van der Waals surface area contributed by atoms with E-state index in [2.05, 4.69) is 33.8 Å². The maximum Gasteiger partial charge on any atom is 0.254 e. The smallest absolute Gasteiger partial charge is 0.254 e. The number of carbonyl (C=O) groups is 1. The number of piperidine rings is 1. The summed E-state index contributed by atoms with van der Waals surface area (Å²) >= 11 is 1.67. The van der Waals surface area contributed by atoms with Crippen LogP contribution in [0.1, 0.15) is 42.7 Å². The van der Waals surface area contributed by atoms with Crippen molar-refractivity contribution in [1.29, 1.82) is 0 Å². The summed E-state index contributed by atoms with van der Waals surface area (Å²) in [5.74, 6) is 0.819. The van der Waals surface area contributed by atoms with E-state index in [-0.39, 0.29) is 11.9 Å². The van der Waals surface area contributed by atoms with Gasteiger partial charge in [0.15, 0.2) is 0 Å². The first-order valence-corrected chi connectivity index (χ1v) is 9.25. The highest BCUT2D eigenvalue weighted by Crippen LogP contribution is 2.39. The molecule has 1 saturated heterocycles. The van der Waals surface area contributed by atoms with Crippen LogP contribution in [0.15, 0.2) is 29.0 Å². The molecule has 2 aromatic heterocycles. The van der Waals surface area contributed by atoms with Crippen LogP contribution in [0.4, 0.5) is 5.95 Å². The number of carbonyl (C=O) groups excluding carboxylic acids is 1. The molecule has 6 nitrogen and oxygen atoms in total. The molecule has 1 N–H and O–H groups in total. The largest absolute Gasteiger partial charge is 0.339 e. The van der Waals surface area contributed by atoms with Gasteiger partial charge in [-0.25, -0.2) is 4.68 Å². The SMILES string of the molecule is CC1=C(C(=O)N2CCCCC2)[C@@H](c2sccc2C)n2ncnc2N1. The fourth-order valence-corrected chi connectivity index (χ4v) is 4.56. The maximum atomic E-state index is 13.3. The van der Waals surface area contributed by atoms with Crippen molar-refractivity contribution < 1.29 is 4.79 Å². The third kappa shape index (κ3) is 2.43. The van der Waals surface area contributed by atoms with Crippen LogP contribution in [0.2, 0.25) is 0 Å². The monoisotopic (exact) mass is 343 g/mol. The first-order valence-electron chi connectivity index (χ1n) is 8.37. The predicted octanol–water partition coefficient (Wildman–Crippen LogP) is 2.95. The van der Waals surface area contributed by atoms with Gasteiger partial charge in [-0.05, 0) is 50.1 Å². The van der Waals surface area contributed by atoms with Gasteiger partial charge in [-0.1, -0.05) is 0 Å². The lowest BCUT2D eigenvalue weighted by atomic mass is 9.97. The van der Waals surface area contributed by atoms with Gasteiger partial charge in [-0.3, -0.25) is 4.79 Å². The molecule has 0 aliphatic carbocycles. The first-order chi connectivity index (χ1) is 11.7. The average molecular weight is 343 g/mol. The third-order valence-electron chi connectivity index (χ3n) is 4.82. The van der Waals surface area contributed by atoms with Crippen LogP contribution in [-0.4, -0.2) is 38.7 Å². The summed E-state index contributed by atoms with van der Waals surface area (Å²) in [6.07, 6.45) is 4.92. The predicted molar refractivity (Wildman–Crippen MR) is 94.0 cm³/mol. The van der Waals surface area contributed by atoms with Crippen molar-refractivity contribution in [3.63, 3.8) is 0 Å². The Morgan fingerprint density at radius 3 is 2.79 bits per heavy atom. The highest BCUT2D eigenvalue weighted by molar-refractivity contribution is 7.10. The van der Waals surface area contributed by atoms with Gasteiger partial charge in [0.1, 0.15) is 12.4 Å². The summed E-state index contributed by atoms with van der Waals surface area (Å²) in [5.41, 5.74) is 2.86. The molecule has 0 saturated carbocycles. The van der Waals surface area contributed by atoms with Gasteiger partial charge in [0.05, 0.1) is 5.57 Å². The molecule has 2 aliphatic heterocycles. The van der Waals surface area contributed by atoms with Crippen LogP contribution < -0.4 is 5.32 Å². The number of rotatable bonds is 2. The molecule has 2 aromatic rings. The van der Waals surface area contributed by atoms with E-state index in [1.54, 1.807) is 17.7 Å². The molecule has 1 atom stereocenters. The number of aryl methyl sites for hydroxylation is 1. The van der Waals surface area contributed by atoms with E-state index in [0.717, 1.165) is 42.1 Å². The van der Waals surface area contributed by atoms with Crippen molar-refractivity contribution in [3.05, 3.63) is 39.5 Å². The van der Waals surface area contributed by atoms with E-state index >= 15 is 0 Å². The molecule has 0 radical (unpaired) electrons. The van der Waals surface area contributed by atoms with E-state index in [0.29, 0.717) is 5.95 Å². The minimum atomic E-state index is -0.196. The number of thiophene rings is 1. The zero-order valence-electron chi connectivity index (χ0n) is 14.0. The molecule has 24 heavy (non-hydrogen) atoms. The Morgan fingerprint density at radius 2 is 2.08 bits per heavy atom. The van der Waals surface area contributed by atoms with Crippen LogP contribution in [-0.2, 0) is 4.79 Å². The molecule has 0 bridgehead atoms. The molecular formula is C17H21N5OS. The summed E-state index contributed by atoms with van der Waals surface area (Å²) in [4.78, 5) is 20.7. The van der Waals surface area contributed by atoms with Crippen molar-refractivity contribution in [2.24, 2.45) is 0 Å². The second-order valence-corrected chi connectivity index (χ2v) is 7.36. The average Bonchev–Trinajstić information content (AvgIpc) is 3.22. The quantitative estimate of drug-likeness (QED) is 0.911. The molecule has 1 fully saturated rings. The van der Waals surface area contributed by atoms with Crippen LogP contribution in [0.5, 0.6) is 0 Å². The first kappa shape index (κ1) is 15.4. The summed E-state index contributed by atoms with van der Waals surface area (Å²) in [7, 11) is 0. The fourth-order valence-electron chi connectivity index (χ4n) is 3.54. The third-order valence-corrected chi connectivity index (χ3v) is 5.89. The van der Waals surface area contributed by atoms with Crippen molar-refractivity contribution in [2.45, 2.75) is 39.2 Å². The molecule has 2 aliphatic rings. The van der Waals surface area contributed by atoms with Crippen molar-refractivity contribution in [1.82, 2.24) is 19.7 Å². The van der Waals surface area contributed by atoms with Crippen LogP contribution >= 0.6 is 11.3 Å². The van der Waals surface area contributed by atoms with Gasteiger partial charge in [-0.15, -0.1) is 11.3 Å². The Hall–Kier alpha value is -2.15. The Morgan fingerprint density at radius 1 is 1.29 bits per heavy atom. The summed E-state index contributed by atoms with van der Waals surface area (Å²) in [5, 5.41) is 9.71. The number of aromatic nitrogens is 3. The highest BCUT2D eigenvalue weighted by Gasteiger charge is 2.36. The number of nitrogens with one attached hydrogen (secondary N) is 1. The van der Waals surface area contributed by atoms with Crippen LogP contribution in [0, 0.1) is 6.92 Å². The second kappa shape index (κ2) is 6.05. The lowest BCUT2D eigenvalue weighted by molar-refractivity contribution is -0.128. The molecule has 4 rings (SSSR count). The lowest BCUT2D eigenvalue weighted by Gasteiger charge is -2.33. The Bertz CT molecular complexity index is 800. The van der Waals surface area contributed by atoms with Crippen LogP contribution in [0.3, 0.4) is 0 Å². The number of fused-ring (bicyclic) bond motifs is 1. The van der Waals surface area contributed by atoms with Crippen molar-refractivity contribution >= 4 is 23.2 Å². The zero-order valence-corrected chi connectivity index (χ0v) is 14.8. The van der Waals surface area contributed by atoms with Gasteiger partial charge < -0.3 is 10.2 Å². The summed E-state index contributed by atoms with van der Waals surface area (Å²) in [6, 6.07) is 1.90. The number of hydrogen-bond acceptors (Lipinski definition) is 5. The maximum absolute atomic E-state index is 13.3. The van der Waals surface area contributed by atoms with E-state index in [1.165, 1.54) is 12.0 Å². The van der Waals surface area contributed by atoms with E-state index in [1.807, 2.05) is 16.5 Å². The van der Waals surface area contributed by atoms with Gasteiger partial charge in [-0.2, -0.15) is 10.1 Å². The van der Waals surface area contributed by atoms with E-state index < -0.39 is 0 Å². The van der Waals surface area contributed by atoms with Gasteiger partial charge >= 0.3 is 0 Å². The normalized spacial score (nSPS) is 20.8.